The summed E-state index contributed by atoms with van der Waals surface area (Å²) in [5.74, 6) is -0.115. The monoisotopic (exact) mass is 400 g/mol. The van der Waals surface area contributed by atoms with Crippen LogP contribution in [0.5, 0.6) is 0 Å². The Labute approximate surface area is 162 Å². The number of primary amides is 1. The van der Waals surface area contributed by atoms with Gasteiger partial charge in [-0.15, -0.1) is 0 Å². The predicted octanol–water partition coefficient (Wildman–Crippen LogP) is 3.44. The molecule has 0 unspecified atom stereocenters. The molecule has 28 heavy (non-hydrogen) atoms. The predicted molar refractivity (Wildman–Crippen MR) is 107 cm³/mol. The standard InChI is InChI=1S/C21H21FN2O3S/c22-17-3-1-14(2-4-17)15-10-18-16(9-13-5-7-28(26,27)8-6-13)12-24-20(18)19(11-15)21(23)25/h1-4,10-13,24H,5-9H2,(H2,23,25). The number of aromatic nitrogens is 1. The van der Waals surface area contributed by atoms with Crippen LogP contribution in [0.25, 0.3) is 22.0 Å². The van der Waals surface area contributed by atoms with Gasteiger partial charge in [-0.2, -0.15) is 0 Å². The molecule has 0 aliphatic carbocycles. The Morgan fingerprint density at radius 3 is 2.43 bits per heavy atom. The Balaban J connectivity index is 1.74. The Bertz CT molecular complexity index is 1140. The van der Waals surface area contributed by atoms with Gasteiger partial charge in [-0.25, -0.2) is 12.8 Å². The number of nitrogens with one attached hydrogen (secondary N) is 1. The van der Waals surface area contributed by atoms with Gasteiger partial charge in [0.1, 0.15) is 15.7 Å². The molecule has 0 radical (unpaired) electrons. The summed E-state index contributed by atoms with van der Waals surface area (Å²) in [4.78, 5) is 15.2. The molecular formula is C21H21FN2O3S. The molecule has 1 saturated heterocycles. The van der Waals surface area contributed by atoms with Crippen LogP contribution >= 0.6 is 0 Å². The first-order chi connectivity index (χ1) is 13.3. The number of hydrogen-bond donors (Lipinski definition) is 2. The molecule has 5 nitrogen and oxygen atoms in total. The lowest BCUT2D eigenvalue weighted by molar-refractivity contribution is 0.100. The van der Waals surface area contributed by atoms with Gasteiger partial charge >= 0.3 is 0 Å². The van der Waals surface area contributed by atoms with E-state index in [1.165, 1.54) is 12.1 Å². The molecular weight excluding hydrogens is 379 g/mol. The summed E-state index contributed by atoms with van der Waals surface area (Å²) in [6.07, 6.45) is 3.90. The van der Waals surface area contributed by atoms with Gasteiger partial charge in [-0.3, -0.25) is 4.79 Å². The van der Waals surface area contributed by atoms with Gasteiger partial charge in [0, 0.05) is 11.6 Å². The number of halogens is 1. The molecule has 0 atom stereocenters. The average Bonchev–Trinajstić information content (AvgIpc) is 3.06. The maximum atomic E-state index is 13.3. The zero-order chi connectivity index (χ0) is 19.9. The second kappa shape index (κ2) is 7.05. The van der Waals surface area contributed by atoms with Crippen molar-refractivity contribution in [3.8, 4) is 11.1 Å². The Kier molecular flexibility index (Phi) is 4.71. The molecule has 1 aliphatic heterocycles. The number of H-pyrrole nitrogens is 1. The summed E-state index contributed by atoms with van der Waals surface area (Å²) in [6.45, 7) is 0. The quantitative estimate of drug-likeness (QED) is 0.703. The van der Waals surface area contributed by atoms with Crippen LogP contribution in [0.15, 0.2) is 42.6 Å². The number of nitrogens with two attached hydrogens (primary N) is 1. The van der Waals surface area contributed by atoms with Crippen LogP contribution in [-0.4, -0.2) is 30.8 Å². The van der Waals surface area contributed by atoms with Crippen LogP contribution in [-0.2, 0) is 16.3 Å². The van der Waals surface area contributed by atoms with Crippen molar-refractivity contribution in [1.29, 1.82) is 0 Å². The highest BCUT2D eigenvalue weighted by Crippen LogP contribution is 2.32. The number of carbonyl (C=O) groups excluding carboxylic acids is 1. The zero-order valence-corrected chi connectivity index (χ0v) is 16.1. The first-order valence-electron chi connectivity index (χ1n) is 9.22. The van der Waals surface area contributed by atoms with Crippen LogP contribution in [0.2, 0.25) is 0 Å². The van der Waals surface area contributed by atoms with Gasteiger partial charge in [0.15, 0.2) is 0 Å². The molecule has 2 aromatic carbocycles. The van der Waals surface area contributed by atoms with Crippen LogP contribution in [0.4, 0.5) is 4.39 Å². The molecule has 4 rings (SSSR count). The van der Waals surface area contributed by atoms with Gasteiger partial charge in [0.25, 0.3) is 5.91 Å². The fraction of sp³-hybridized carbons (Fsp3) is 0.286. The van der Waals surface area contributed by atoms with E-state index in [9.17, 15) is 17.6 Å². The van der Waals surface area contributed by atoms with Gasteiger partial charge in [0.2, 0.25) is 0 Å². The van der Waals surface area contributed by atoms with Crippen molar-refractivity contribution in [3.63, 3.8) is 0 Å². The number of carbonyl (C=O) groups is 1. The van der Waals surface area contributed by atoms with Crippen molar-refractivity contribution in [2.75, 3.05) is 11.5 Å². The largest absolute Gasteiger partial charge is 0.366 e. The molecule has 1 aliphatic rings. The third kappa shape index (κ3) is 3.67. The summed E-state index contributed by atoms with van der Waals surface area (Å²) >= 11 is 0. The number of hydrogen-bond acceptors (Lipinski definition) is 3. The molecule has 3 N–H and O–H groups in total. The topological polar surface area (TPSA) is 93.0 Å². The number of fused-ring (bicyclic) bond motifs is 1. The van der Waals surface area contributed by atoms with Gasteiger partial charge in [0.05, 0.1) is 22.6 Å². The fourth-order valence-corrected chi connectivity index (χ4v) is 5.50. The van der Waals surface area contributed by atoms with E-state index in [1.807, 2.05) is 12.3 Å². The highest BCUT2D eigenvalue weighted by molar-refractivity contribution is 7.91. The van der Waals surface area contributed by atoms with E-state index >= 15 is 0 Å². The van der Waals surface area contributed by atoms with E-state index in [1.54, 1.807) is 18.2 Å². The van der Waals surface area contributed by atoms with Gasteiger partial charge < -0.3 is 10.7 Å². The van der Waals surface area contributed by atoms with E-state index in [0.717, 1.165) is 28.5 Å². The Morgan fingerprint density at radius 1 is 1.11 bits per heavy atom. The lowest BCUT2D eigenvalue weighted by Gasteiger charge is -2.21. The Morgan fingerprint density at radius 2 is 1.79 bits per heavy atom. The second-order valence-electron chi connectivity index (χ2n) is 7.43. The molecule has 7 heteroatoms. The smallest absolute Gasteiger partial charge is 0.250 e. The zero-order valence-electron chi connectivity index (χ0n) is 15.2. The van der Waals surface area contributed by atoms with Crippen molar-refractivity contribution in [2.45, 2.75) is 19.3 Å². The van der Waals surface area contributed by atoms with E-state index in [0.29, 0.717) is 23.9 Å². The van der Waals surface area contributed by atoms with Crippen molar-refractivity contribution in [3.05, 3.63) is 59.5 Å². The molecule has 0 spiro atoms. The summed E-state index contributed by atoms with van der Waals surface area (Å²) in [7, 11) is -2.90. The first-order valence-corrected chi connectivity index (χ1v) is 11.0. The maximum Gasteiger partial charge on any atom is 0.250 e. The summed E-state index contributed by atoms with van der Waals surface area (Å²) < 4.78 is 36.6. The third-order valence-electron chi connectivity index (χ3n) is 5.50. The lowest BCUT2D eigenvalue weighted by atomic mass is 9.92. The minimum Gasteiger partial charge on any atom is -0.366 e. The maximum absolute atomic E-state index is 13.3. The lowest BCUT2D eigenvalue weighted by Crippen LogP contribution is -2.24. The molecule has 0 saturated carbocycles. The summed E-state index contributed by atoms with van der Waals surface area (Å²) in [5, 5.41) is 0.893. The molecule has 3 aromatic rings. The van der Waals surface area contributed by atoms with Gasteiger partial charge in [-0.1, -0.05) is 12.1 Å². The second-order valence-corrected chi connectivity index (χ2v) is 9.73. The average molecular weight is 400 g/mol. The molecule has 0 bridgehead atoms. The molecule has 2 heterocycles. The molecule has 1 aromatic heterocycles. The third-order valence-corrected chi connectivity index (χ3v) is 7.22. The molecule has 1 amide bonds. The summed E-state index contributed by atoms with van der Waals surface area (Å²) in [5.41, 5.74) is 9.26. The highest BCUT2D eigenvalue weighted by Gasteiger charge is 2.25. The van der Waals surface area contributed by atoms with E-state index < -0.39 is 15.7 Å². The number of aromatic amines is 1. The van der Waals surface area contributed by atoms with Crippen LogP contribution in [0.3, 0.4) is 0 Å². The molecule has 146 valence electrons. The van der Waals surface area contributed by atoms with Crippen molar-refractivity contribution < 1.29 is 17.6 Å². The van der Waals surface area contributed by atoms with Crippen molar-refractivity contribution in [1.82, 2.24) is 4.98 Å². The van der Waals surface area contributed by atoms with Crippen molar-refractivity contribution in [2.24, 2.45) is 11.7 Å². The van der Waals surface area contributed by atoms with E-state index in [-0.39, 0.29) is 23.2 Å². The van der Waals surface area contributed by atoms with Crippen LogP contribution in [0, 0.1) is 11.7 Å². The number of benzene rings is 2. The SMILES string of the molecule is NC(=O)c1cc(-c2ccc(F)cc2)cc2c(CC3CCS(=O)(=O)CC3)c[nH]c12. The first kappa shape index (κ1) is 18.7. The van der Waals surface area contributed by atoms with E-state index in [2.05, 4.69) is 4.98 Å². The summed E-state index contributed by atoms with van der Waals surface area (Å²) in [6, 6.07) is 9.78. The Hall–Kier alpha value is -2.67. The fourth-order valence-electron chi connectivity index (χ4n) is 3.91. The highest BCUT2D eigenvalue weighted by atomic mass is 32.2. The van der Waals surface area contributed by atoms with Crippen LogP contribution in [0.1, 0.15) is 28.8 Å². The molecule has 1 fully saturated rings. The van der Waals surface area contributed by atoms with Crippen molar-refractivity contribution >= 4 is 26.6 Å². The normalized spacial score (nSPS) is 17.0. The van der Waals surface area contributed by atoms with Gasteiger partial charge in [-0.05, 0) is 66.1 Å². The minimum absolute atomic E-state index is 0.230. The number of sulfone groups is 1. The van der Waals surface area contributed by atoms with Crippen LogP contribution < -0.4 is 5.73 Å². The number of amides is 1. The minimum atomic E-state index is -2.90. The van der Waals surface area contributed by atoms with E-state index in [4.69, 9.17) is 5.73 Å². The number of rotatable bonds is 4.